The molecule has 0 radical (unpaired) electrons. The lowest BCUT2D eigenvalue weighted by Crippen LogP contribution is -2.51. The zero-order valence-corrected chi connectivity index (χ0v) is 17.7. The number of hydrogen-bond donors (Lipinski definition) is 0. The van der Waals surface area contributed by atoms with E-state index < -0.39 is 34.7 Å². The molecule has 0 atom stereocenters. The summed E-state index contributed by atoms with van der Waals surface area (Å²) in [6, 6.07) is 14.9. The number of nitrogens with zero attached hydrogens (tertiary/aromatic N) is 2. The molecule has 0 aliphatic rings. The van der Waals surface area contributed by atoms with Gasteiger partial charge in [-0.1, -0.05) is 42.5 Å². The Hall–Kier alpha value is -3.85. The standard InChI is InChI=1S/C25H15F7N2/c1-14-11-15(2)21(19-10-6-4-8-17(19)13-34)22(23(26,24(27,28)29)25(30,31)32)20(14)18-9-5-3-7-16(18)12-33/h3-11H,1-2H3. The Balaban J connectivity index is 2.72. The highest BCUT2D eigenvalue weighted by Gasteiger charge is 2.75. The highest BCUT2D eigenvalue weighted by Crippen LogP contribution is 2.59. The number of nitriles is 2. The Morgan fingerprint density at radius 2 is 0.971 bits per heavy atom. The van der Waals surface area contributed by atoms with Crippen molar-refractivity contribution in [2.75, 3.05) is 0 Å². The highest BCUT2D eigenvalue weighted by atomic mass is 19.4. The van der Waals surface area contributed by atoms with Gasteiger partial charge in [0.1, 0.15) is 0 Å². The first kappa shape index (κ1) is 24.8. The van der Waals surface area contributed by atoms with Crippen molar-refractivity contribution in [1.82, 2.24) is 0 Å². The second-order valence-electron chi connectivity index (χ2n) is 7.60. The molecule has 0 unspecified atom stereocenters. The van der Waals surface area contributed by atoms with E-state index in [9.17, 15) is 36.9 Å². The lowest BCUT2D eigenvalue weighted by molar-refractivity contribution is -0.348. The van der Waals surface area contributed by atoms with Gasteiger partial charge in [-0.25, -0.2) is 4.39 Å². The van der Waals surface area contributed by atoms with Crippen LogP contribution >= 0.6 is 0 Å². The minimum absolute atomic E-state index is 0.0936. The van der Waals surface area contributed by atoms with Gasteiger partial charge in [-0.3, -0.25) is 0 Å². The third-order valence-electron chi connectivity index (χ3n) is 5.48. The number of hydrogen-bond acceptors (Lipinski definition) is 2. The third-order valence-corrected chi connectivity index (χ3v) is 5.48. The zero-order chi connectivity index (χ0) is 25.5. The van der Waals surface area contributed by atoms with Crippen LogP contribution in [0.15, 0.2) is 54.6 Å². The second kappa shape index (κ2) is 8.49. The normalized spacial score (nSPS) is 12.2. The summed E-state index contributed by atoms with van der Waals surface area (Å²) in [6.45, 7) is 2.49. The fraction of sp³-hybridized carbons (Fsp3) is 0.200. The van der Waals surface area contributed by atoms with Crippen LogP contribution in [-0.2, 0) is 5.67 Å². The first-order valence-electron chi connectivity index (χ1n) is 9.75. The van der Waals surface area contributed by atoms with Crippen LogP contribution in [0.2, 0.25) is 0 Å². The summed E-state index contributed by atoms with van der Waals surface area (Å²) in [5.41, 5.74) is -10.1. The van der Waals surface area contributed by atoms with E-state index >= 15 is 4.39 Å². The predicted octanol–water partition coefficient (Wildman–Crippen LogP) is 7.67. The summed E-state index contributed by atoms with van der Waals surface area (Å²) in [4.78, 5) is 0. The molecule has 0 spiro atoms. The summed E-state index contributed by atoms with van der Waals surface area (Å²) >= 11 is 0. The van der Waals surface area contributed by atoms with Crippen LogP contribution < -0.4 is 0 Å². The monoisotopic (exact) mass is 476 g/mol. The molecule has 2 nitrogen and oxygen atoms in total. The first-order valence-corrected chi connectivity index (χ1v) is 9.75. The van der Waals surface area contributed by atoms with E-state index in [-0.39, 0.29) is 33.4 Å². The Morgan fingerprint density at radius 3 is 1.29 bits per heavy atom. The van der Waals surface area contributed by atoms with Crippen LogP contribution in [0.4, 0.5) is 30.7 Å². The van der Waals surface area contributed by atoms with Gasteiger partial charge < -0.3 is 0 Å². The molecule has 3 aromatic rings. The van der Waals surface area contributed by atoms with Crippen LogP contribution in [0.25, 0.3) is 22.3 Å². The fourth-order valence-electron chi connectivity index (χ4n) is 4.07. The molecule has 0 aliphatic carbocycles. The molecule has 0 aromatic heterocycles. The van der Waals surface area contributed by atoms with Gasteiger partial charge in [-0.05, 0) is 48.2 Å². The number of alkyl halides is 7. The third kappa shape index (κ3) is 3.77. The Labute approximate surface area is 190 Å². The van der Waals surface area contributed by atoms with E-state index in [2.05, 4.69) is 0 Å². The molecular formula is C25H15F7N2. The highest BCUT2D eigenvalue weighted by molar-refractivity contribution is 5.88. The molecule has 0 bridgehead atoms. The molecule has 0 N–H and O–H groups in total. The van der Waals surface area contributed by atoms with E-state index in [1.165, 1.54) is 56.3 Å². The number of rotatable bonds is 3. The maximum Gasteiger partial charge on any atom is 0.435 e. The van der Waals surface area contributed by atoms with Crippen LogP contribution in [0.3, 0.4) is 0 Å². The molecule has 0 fully saturated rings. The van der Waals surface area contributed by atoms with Crippen LogP contribution in [0.5, 0.6) is 0 Å². The van der Waals surface area contributed by atoms with Gasteiger partial charge >= 0.3 is 18.0 Å². The summed E-state index contributed by atoms with van der Waals surface area (Å²) in [7, 11) is 0. The summed E-state index contributed by atoms with van der Waals surface area (Å²) in [6.07, 6.45) is -12.8. The van der Waals surface area contributed by atoms with Crippen molar-refractivity contribution >= 4 is 0 Å². The van der Waals surface area contributed by atoms with E-state index in [0.29, 0.717) is 0 Å². The lowest BCUT2D eigenvalue weighted by atomic mass is 9.76. The van der Waals surface area contributed by atoms with E-state index in [4.69, 9.17) is 0 Å². The molecule has 0 saturated carbocycles. The largest absolute Gasteiger partial charge is 0.435 e. The quantitative estimate of drug-likeness (QED) is 0.364. The Kier molecular flexibility index (Phi) is 6.19. The molecule has 3 rings (SSSR count). The van der Waals surface area contributed by atoms with Crippen molar-refractivity contribution in [3.8, 4) is 34.4 Å². The molecule has 9 heteroatoms. The number of halogens is 7. The van der Waals surface area contributed by atoms with Gasteiger partial charge in [0.15, 0.2) is 0 Å². The van der Waals surface area contributed by atoms with Gasteiger partial charge in [0.25, 0.3) is 0 Å². The fourth-order valence-corrected chi connectivity index (χ4v) is 4.07. The lowest BCUT2D eigenvalue weighted by Gasteiger charge is -2.35. The molecular weight excluding hydrogens is 461 g/mol. The van der Waals surface area contributed by atoms with Gasteiger partial charge in [0.2, 0.25) is 0 Å². The van der Waals surface area contributed by atoms with Crippen molar-refractivity contribution in [2.45, 2.75) is 31.9 Å². The predicted molar refractivity (Wildman–Crippen MR) is 111 cm³/mol. The first-order chi connectivity index (χ1) is 15.8. The van der Waals surface area contributed by atoms with Crippen molar-refractivity contribution in [2.24, 2.45) is 0 Å². The van der Waals surface area contributed by atoms with Crippen molar-refractivity contribution in [1.29, 1.82) is 10.5 Å². The summed E-state index contributed by atoms with van der Waals surface area (Å²) in [5.74, 6) is 0. The number of aryl methyl sites for hydroxylation is 2. The smallest absolute Gasteiger partial charge is 0.218 e. The van der Waals surface area contributed by atoms with Crippen LogP contribution in [0.1, 0.15) is 27.8 Å². The summed E-state index contributed by atoms with van der Waals surface area (Å²) in [5, 5.41) is 19.0. The van der Waals surface area contributed by atoms with Crippen molar-refractivity contribution in [3.05, 3.63) is 82.4 Å². The SMILES string of the molecule is Cc1cc(C)c(-c2ccccc2C#N)c(C(F)(C(F)(F)F)C(F)(F)F)c1-c1ccccc1C#N. The topological polar surface area (TPSA) is 47.6 Å². The molecule has 174 valence electrons. The Bertz CT molecular complexity index is 1240. The second-order valence-corrected chi connectivity index (χ2v) is 7.60. The molecule has 34 heavy (non-hydrogen) atoms. The molecule has 0 heterocycles. The average molecular weight is 476 g/mol. The van der Waals surface area contributed by atoms with Gasteiger partial charge in [-0.15, -0.1) is 0 Å². The minimum atomic E-state index is -6.40. The maximum absolute atomic E-state index is 15.8. The maximum atomic E-state index is 15.8. The molecule has 0 amide bonds. The van der Waals surface area contributed by atoms with Gasteiger partial charge in [0, 0.05) is 16.7 Å². The van der Waals surface area contributed by atoms with Gasteiger partial charge in [-0.2, -0.15) is 36.9 Å². The van der Waals surface area contributed by atoms with E-state index in [0.717, 1.165) is 12.1 Å². The molecule has 3 aromatic carbocycles. The van der Waals surface area contributed by atoms with E-state index in [1.807, 2.05) is 0 Å². The average Bonchev–Trinajstić information content (AvgIpc) is 2.76. The van der Waals surface area contributed by atoms with Crippen molar-refractivity contribution < 1.29 is 30.7 Å². The Morgan fingerprint density at radius 1 is 0.618 bits per heavy atom. The van der Waals surface area contributed by atoms with Crippen LogP contribution in [-0.4, -0.2) is 12.4 Å². The van der Waals surface area contributed by atoms with Crippen LogP contribution in [0, 0.1) is 36.5 Å². The summed E-state index contributed by atoms with van der Waals surface area (Å²) < 4.78 is 100. The van der Waals surface area contributed by atoms with Crippen molar-refractivity contribution in [3.63, 3.8) is 0 Å². The van der Waals surface area contributed by atoms with Gasteiger partial charge in [0.05, 0.1) is 23.3 Å². The zero-order valence-electron chi connectivity index (χ0n) is 17.7. The van der Waals surface area contributed by atoms with E-state index in [1.54, 1.807) is 12.1 Å². The molecule has 0 aliphatic heterocycles. The molecule has 0 saturated heterocycles. The minimum Gasteiger partial charge on any atom is -0.218 e. The number of benzene rings is 3.